The number of carbonyl (C=O) groups excluding carboxylic acids is 1. The van der Waals surface area contributed by atoms with Crippen LogP contribution >= 0.6 is 0 Å². The van der Waals surface area contributed by atoms with Gasteiger partial charge in [0.25, 0.3) is 0 Å². The molecule has 0 radical (unpaired) electrons. The van der Waals surface area contributed by atoms with Crippen molar-refractivity contribution in [1.29, 1.82) is 0 Å². The number of unbranched alkanes of at least 4 members (excludes halogenated alkanes) is 49. The summed E-state index contributed by atoms with van der Waals surface area (Å²) in [5.74, 6) is -0.0556. The third kappa shape index (κ3) is 52.1. The Hall–Kier alpha value is -0.870. The van der Waals surface area contributed by atoms with Gasteiger partial charge in [-0.1, -0.05) is 334 Å². The molecule has 0 rings (SSSR count). The molecule has 0 fully saturated rings. The molecular weight excluding hydrogens is 783 g/mol. The second kappa shape index (κ2) is 56.5. The molecule has 0 aliphatic carbocycles. The number of hydrogen-bond donors (Lipinski definition) is 3. The van der Waals surface area contributed by atoms with Crippen molar-refractivity contribution in [2.75, 3.05) is 6.61 Å². The van der Waals surface area contributed by atoms with E-state index >= 15 is 0 Å². The van der Waals surface area contributed by atoms with Gasteiger partial charge in [-0.3, -0.25) is 4.79 Å². The summed E-state index contributed by atoms with van der Waals surface area (Å²) < 4.78 is 0. The van der Waals surface area contributed by atoms with Crippen molar-refractivity contribution < 1.29 is 15.0 Å². The highest BCUT2D eigenvalue weighted by Crippen LogP contribution is 2.18. The molecule has 64 heavy (non-hydrogen) atoms. The molecule has 1 amide bonds. The van der Waals surface area contributed by atoms with Crippen LogP contribution in [0.15, 0.2) is 12.2 Å². The van der Waals surface area contributed by atoms with Crippen molar-refractivity contribution in [3.63, 3.8) is 0 Å². The Morgan fingerprint density at radius 2 is 0.578 bits per heavy atom. The zero-order valence-corrected chi connectivity index (χ0v) is 44.1. The quantitative estimate of drug-likeness (QED) is 0.0421. The Labute approximate surface area is 403 Å². The fourth-order valence-corrected chi connectivity index (χ4v) is 9.71. The van der Waals surface area contributed by atoms with E-state index in [-0.39, 0.29) is 12.5 Å². The highest BCUT2D eigenvalue weighted by Gasteiger charge is 2.18. The van der Waals surface area contributed by atoms with Crippen molar-refractivity contribution in [2.45, 2.75) is 360 Å². The SMILES string of the molecule is CCCCCCCCCCCCCCCCC/C=C/[C@@H](O)[C@H](CO)NC(=O)CCCCCCCCCCCCCCCCCCCCCCCCCCCCCCCCCCCCC. The molecule has 382 valence electrons. The summed E-state index contributed by atoms with van der Waals surface area (Å²) in [6.07, 6.45) is 74.0. The highest BCUT2D eigenvalue weighted by molar-refractivity contribution is 5.76. The average molecular weight is 903 g/mol. The van der Waals surface area contributed by atoms with Gasteiger partial charge in [0.1, 0.15) is 0 Å². The van der Waals surface area contributed by atoms with E-state index in [4.69, 9.17) is 0 Å². The topological polar surface area (TPSA) is 69.6 Å². The molecule has 0 heterocycles. The van der Waals surface area contributed by atoms with Crippen LogP contribution in [0, 0.1) is 0 Å². The van der Waals surface area contributed by atoms with E-state index in [1.165, 1.54) is 302 Å². The Morgan fingerprint density at radius 1 is 0.359 bits per heavy atom. The van der Waals surface area contributed by atoms with Gasteiger partial charge in [0.2, 0.25) is 5.91 Å². The molecule has 0 aromatic rings. The first-order valence-electron chi connectivity index (χ1n) is 29.9. The van der Waals surface area contributed by atoms with Gasteiger partial charge in [0, 0.05) is 6.42 Å². The molecule has 0 aliphatic rings. The van der Waals surface area contributed by atoms with E-state index < -0.39 is 12.1 Å². The lowest BCUT2D eigenvalue weighted by Crippen LogP contribution is -2.45. The molecule has 0 aliphatic heterocycles. The fraction of sp³-hybridized carbons (Fsp3) is 0.950. The first-order chi connectivity index (χ1) is 31.7. The van der Waals surface area contributed by atoms with Crippen LogP contribution < -0.4 is 5.32 Å². The van der Waals surface area contributed by atoms with Gasteiger partial charge in [-0.2, -0.15) is 0 Å². The normalized spacial score (nSPS) is 12.8. The van der Waals surface area contributed by atoms with Crippen molar-refractivity contribution in [3.05, 3.63) is 12.2 Å². The summed E-state index contributed by atoms with van der Waals surface area (Å²) in [4.78, 5) is 12.5. The third-order valence-corrected chi connectivity index (χ3v) is 14.3. The monoisotopic (exact) mass is 902 g/mol. The smallest absolute Gasteiger partial charge is 0.220 e. The van der Waals surface area contributed by atoms with Crippen LogP contribution in [0.5, 0.6) is 0 Å². The van der Waals surface area contributed by atoms with E-state index in [0.717, 1.165) is 25.7 Å². The number of carbonyl (C=O) groups is 1. The maximum atomic E-state index is 12.5. The number of amides is 1. The Bertz CT molecular complexity index is 890. The average Bonchev–Trinajstić information content (AvgIpc) is 3.30. The zero-order valence-electron chi connectivity index (χ0n) is 44.1. The molecular formula is C60H119NO3. The molecule has 2 atom stereocenters. The van der Waals surface area contributed by atoms with Crippen LogP contribution in [0.25, 0.3) is 0 Å². The number of hydrogen-bond acceptors (Lipinski definition) is 3. The number of aliphatic hydroxyl groups is 2. The minimum atomic E-state index is -0.835. The second-order valence-corrected chi connectivity index (χ2v) is 20.8. The Kier molecular flexibility index (Phi) is 55.7. The standard InChI is InChI=1S/C60H119NO3/c1-3-5-7-9-11-13-15-17-19-21-22-23-24-25-26-27-28-29-30-31-32-33-34-35-36-37-38-40-42-44-46-48-50-52-54-56-60(64)61-58(57-62)59(63)55-53-51-49-47-45-43-41-39-20-18-16-14-12-10-8-6-4-2/h53,55,58-59,62-63H,3-52,54,56-57H2,1-2H3,(H,61,64)/b55-53+/t58-,59+/m0/s1. The zero-order chi connectivity index (χ0) is 46.3. The molecule has 4 nitrogen and oxygen atoms in total. The fourth-order valence-electron chi connectivity index (χ4n) is 9.71. The maximum Gasteiger partial charge on any atom is 0.220 e. The molecule has 0 saturated heterocycles. The highest BCUT2D eigenvalue weighted by atomic mass is 16.3. The predicted octanol–water partition coefficient (Wildman–Crippen LogP) is 19.7. The van der Waals surface area contributed by atoms with Gasteiger partial charge < -0.3 is 15.5 Å². The number of allylic oxidation sites excluding steroid dienone is 1. The van der Waals surface area contributed by atoms with Gasteiger partial charge >= 0.3 is 0 Å². The molecule has 0 bridgehead atoms. The van der Waals surface area contributed by atoms with E-state index in [2.05, 4.69) is 19.2 Å². The van der Waals surface area contributed by atoms with Crippen LogP contribution in [-0.4, -0.2) is 34.9 Å². The maximum absolute atomic E-state index is 12.5. The number of rotatable bonds is 56. The second-order valence-electron chi connectivity index (χ2n) is 20.8. The van der Waals surface area contributed by atoms with Gasteiger partial charge in [-0.15, -0.1) is 0 Å². The molecule has 3 N–H and O–H groups in total. The minimum absolute atomic E-state index is 0.0556. The molecule has 0 aromatic heterocycles. The Morgan fingerprint density at radius 3 is 0.812 bits per heavy atom. The lowest BCUT2D eigenvalue weighted by molar-refractivity contribution is -0.123. The largest absolute Gasteiger partial charge is 0.394 e. The van der Waals surface area contributed by atoms with Gasteiger partial charge in [0.15, 0.2) is 0 Å². The van der Waals surface area contributed by atoms with Crippen molar-refractivity contribution >= 4 is 5.91 Å². The molecule has 0 saturated carbocycles. The van der Waals surface area contributed by atoms with E-state index in [1.807, 2.05) is 6.08 Å². The summed E-state index contributed by atoms with van der Waals surface area (Å²) in [7, 11) is 0. The summed E-state index contributed by atoms with van der Waals surface area (Å²) in [6, 6.07) is -0.618. The van der Waals surface area contributed by atoms with Crippen molar-refractivity contribution in [2.24, 2.45) is 0 Å². The van der Waals surface area contributed by atoms with E-state index in [9.17, 15) is 15.0 Å². The first kappa shape index (κ1) is 63.1. The molecule has 0 spiro atoms. The summed E-state index contributed by atoms with van der Waals surface area (Å²) >= 11 is 0. The summed E-state index contributed by atoms with van der Waals surface area (Å²) in [6.45, 7) is 4.35. The molecule has 0 unspecified atom stereocenters. The van der Waals surface area contributed by atoms with Crippen molar-refractivity contribution in [3.8, 4) is 0 Å². The third-order valence-electron chi connectivity index (χ3n) is 14.3. The number of nitrogens with one attached hydrogen (secondary N) is 1. The Balaban J connectivity index is 3.38. The molecule has 0 aromatic carbocycles. The van der Waals surface area contributed by atoms with Gasteiger partial charge in [-0.25, -0.2) is 0 Å². The van der Waals surface area contributed by atoms with E-state index in [0.29, 0.717) is 6.42 Å². The lowest BCUT2D eigenvalue weighted by atomic mass is 10.0. The predicted molar refractivity (Wildman–Crippen MR) is 286 cm³/mol. The van der Waals surface area contributed by atoms with Gasteiger partial charge in [-0.05, 0) is 19.3 Å². The van der Waals surface area contributed by atoms with Crippen LogP contribution in [0.1, 0.15) is 348 Å². The summed E-state index contributed by atoms with van der Waals surface area (Å²) in [5, 5.41) is 23.2. The van der Waals surface area contributed by atoms with Crippen molar-refractivity contribution in [1.82, 2.24) is 5.32 Å². The first-order valence-corrected chi connectivity index (χ1v) is 29.9. The van der Waals surface area contributed by atoms with E-state index in [1.54, 1.807) is 6.08 Å². The lowest BCUT2D eigenvalue weighted by Gasteiger charge is -2.20. The van der Waals surface area contributed by atoms with Crippen LogP contribution in [-0.2, 0) is 4.79 Å². The molecule has 4 heteroatoms. The summed E-state index contributed by atoms with van der Waals surface area (Å²) in [5.41, 5.74) is 0. The van der Waals surface area contributed by atoms with Gasteiger partial charge in [0.05, 0.1) is 18.8 Å². The van der Waals surface area contributed by atoms with Crippen LogP contribution in [0.4, 0.5) is 0 Å². The van der Waals surface area contributed by atoms with Crippen LogP contribution in [0.3, 0.4) is 0 Å². The number of aliphatic hydroxyl groups excluding tert-OH is 2. The minimum Gasteiger partial charge on any atom is -0.394 e. The van der Waals surface area contributed by atoms with Crippen LogP contribution in [0.2, 0.25) is 0 Å².